The van der Waals surface area contributed by atoms with Crippen LogP contribution in [0.5, 0.6) is 0 Å². The van der Waals surface area contributed by atoms with Crippen LogP contribution < -0.4 is 5.76 Å². The van der Waals surface area contributed by atoms with E-state index in [2.05, 4.69) is 15.2 Å². The minimum absolute atomic E-state index is 0.148. The van der Waals surface area contributed by atoms with E-state index in [-0.39, 0.29) is 6.42 Å². The zero-order valence-electron chi connectivity index (χ0n) is 9.64. The number of carboxylic acids is 1. The molecule has 7 nitrogen and oxygen atoms in total. The summed E-state index contributed by atoms with van der Waals surface area (Å²) in [5.74, 6) is -1.47. The molecule has 2 heterocycles. The van der Waals surface area contributed by atoms with Crippen LogP contribution in [0.25, 0.3) is 22.2 Å². The molecule has 0 atom stereocenters. The maximum atomic E-state index is 11.1. The van der Waals surface area contributed by atoms with Gasteiger partial charge in [-0.1, -0.05) is 6.07 Å². The highest BCUT2D eigenvalue weighted by molar-refractivity contribution is 5.82. The summed E-state index contributed by atoms with van der Waals surface area (Å²) in [6, 6.07) is 5.14. The van der Waals surface area contributed by atoms with Crippen LogP contribution in [0.4, 0.5) is 0 Å². The molecule has 19 heavy (non-hydrogen) atoms. The molecule has 0 aliphatic carbocycles. The smallest absolute Gasteiger partial charge is 0.417 e. The van der Waals surface area contributed by atoms with Crippen molar-refractivity contribution in [1.82, 2.24) is 15.2 Å². The van der Waals surface area contributed by atoms with Crippen molar-refractivity contribution >= 4 is 17.1 Å². The Kier molecular flexibility index (Phi) is 2.45. The van der Waals surface area contributed by atoms with Crippen molar-refractivity contribution in [2.75, 3.05) is 0 Å². The van der Waals surface area contributed by atoms with E-state index in [0.29, 0.717) is 22.4 Å². The van der Waals surface area contributed by atoms with Gasteiger partial charge in [0.2, 0.25) is 0 Å². The first-order chi connectivity index (χ1) is 9.13. The summed E-state index contributed by atoms with van der Waals surface area (Å²) < 4.78 is 4.97. The summed E-state index contributed by atoms with van der Waals surface area (Å²) in [5.41, 5.74) is 2.93. The molecule has 0 aliphatic heterocycles. The fourth-order valence-corrected chi connectivity index (χ4v) is 1.96. The largest absolute Gasteiger partial charge is 0.481 e. The topological polar surface area (TPSA) is 112 Å². The van der Waals surface area contributed by atoms with E-state index in [9.17, 15) is 9.59 Å². The molecular formula is C12H9N3O4. The van der Waals surface area contributed by atoms with E-state index >= 15 is 0 Å². The van der Waals surface area contributed by atoms with E-state index in [4.69, 9.17) is 9.52 Å². The van der Waals surface area contributed by atoms with E-state index in [1.165, 1.54) is 0 Å². The van der Waals surface area contributed by atoms with Crippen LogP contribution in [0.2, 0.25) is 0 Å². The molecule has 0 bridgehead atoms. The highest BCUT2D eigenvalue weighted by Crippen LogP contribution is 2.25. The lowest BCUT2D eigenvalue weighted by molar-refractivity contribution is -0.136. The van der Waals surface area contributed by atoms with Crippen LogP contribution in [0.15, 0.2) is 33.6 Å². The minimum Gasteiger partial charge on any atom is -0.481 e. The van der Waals surface area contributed by atoms with Gasteiger partial charge < -0.3 is 9.52 Å². The molecule has 0 saturated heterocycles. The third-order valence-corrected chi connectivity index (χ3v) is 2.78. The number of oxazole rings is 1. The Balaban J connectivity index is 2.11. The van der Waals surface area contributed by atoms with Gasteiger partial charge in [0.1, 0.15) is 0 Å². The van der Waals surface area contributed by atoms with E-state index in [1.807, 2.05) is 0 Å². The minimum atomic E-state index is -0.945. The SMILES string of the molecule is O=C(O)Cc1[nH]ncc1-c1ccc2[nH]c(=O)oc2c1. The molecule has 2 aromatic heterocycles. The molecule has 96 valence electrons. The summed E-state index contributed by atoms with van der Waals surface area (Å²) in [4.78, 5) is 24.4. The third kappa shape index (κ3) is 2.01. The van der Waals surface area contributed by atoms with Gasteiger partial charge in [-0.25, -0.2) is 4.79 Å². The predicted octanol–water partition coefficient (Wildman–Crippen LogP) is 1.14. The van der Waals surface area contributed by atoms with Gasteiger partial charge in [0.15, 0.2) is 5.58 Å². The molecule has 7 heteroatoms. The highest BCUT2D eigenvalue weighted by atomic mass is 16.4. The lowest BCUT2D eigenvalue weighted by atomic mass is 10.0. The molecule has 0 saturated carbocycles. The fraction of sp³-hybridized carbons (Fsp3) is 0.0833. The fourth-order valence-electron chi connectivity index (χ4n) is 1.96. The Morgan fingerprint density at radius 2 is 2.26 bits per heavy atom. The number of H-pyrrole nitrogens is 2. The number of aliphatic carboxylic acids is 1. The molecule has 0 unspecified atom stereocenters. The summed E-state index contributed by atoms with van der Waals surface area (Å²) in [6.07, 6.45) is 1.40. The monoisotopic (exact) mass is 259 g/mol. The Morgan fingerprint density at radius 3 is 3.05 bits per heavy atom. The number of carbonyl (C=O) groups is 1. The number of hydrogen-bond acceptors (Lipinski definition) is 4. The normalized spacial score (nSPS) is 10.9. The van der Waals surface area contributed by atoms with E-state index < -0.39 is 11.7 Å². The maximum absolute atomic E-state index is 11.1. The summed E-state index contributed by atoms with van der Waals surface area (Å²) in [7, 11) is 0. The van der Waals surface area contributed by atoms with Gasteiger partial charge in [0.05, 0.1) is 23.8 Å². The van der Waals surface area contributed by atoms with Gasteiger partial charge in [0, 0.05) is 5.56 Å². The Bertz CT molecular complexity index is 812. The first-order valence-corrected chi connectivity index (χ1v) is 5.51. The van der Waals surface area contributed by atoms with Gasteiger partial charge in [-0.15, -0.1) is 0 Å². The van der Waals surface area contributed by atoms with Crippen LogP contribution in [0, 0.1) is 0 Å². The molecule has 3 rings (SSSR count). The lowest BCUT2D eigenvalue weighted by Crippen LogP contribution is -2.01. The Labute approximate surface area is 105 Å². The lowest BCUT2D eigenvalue weighted by Gasteiger charge is -2.00. The zero-order valence-corrected chi connectivity index (χ0v) is 9.64. The number of aromatic nitrogens is 3. The molecule has 0 amide bonds. The van der Waals surface area contributed by atoms with Crippen LogP contribution >= 0.6 is 0 Å². The molecule has 1 aromatic carbocycles. The van der Waals surface area contributed by atoms with Crippen LogP contribution in [-0.2, 0) is 11.2 Å². The number of rotatable bonds is 3. The van der Waals surface area contributed by atoms with E-state index in [0.717, 1.165) is 5.56 Å². The Hall–Kier alpha value is -2.83. The van der Waals surface area contributed by atoms with Crippen LogP contribution in [0.3, 0.4) is 0 Å². The van der Waals surface area contributed by atoms with Crippen molar-refractivity contribution in [3.8, 4) is 11.1 Å². The van der Waals surface area contributed by atoms with Gasteiger partial charge in [-0.05, 0) is 17.7 Å². The van der Waals surface area contributed by atoms with Crippen LogP contribution in [0.1, 0.15) is 5.69 Å². The van der Waals surface area contributed by atoms with Crippen molar-refractivity contribution in [2.45, 2.75) is 6.42 Å². The zero-order chi connectivity index (χ0) is 13.4. The molecule has 0 aliphatic rings. The average molecular weight is 259 g/mol. The third-order valence-electron chi connectivity index (χ3n) is 2.78. The first-order valence-electron chi connectivity index (χ1n) is 5.51. The molecule has 3 N–H and O–H groups in total. The van der Waals surface area contributed by atoms with Crippen molar-refractivity contribution in [3.05, 3.63) is 40.6 Å². The Morgan fingerprint density at radius 1 is 1.42 bits per heavy atom. The van der Waals surface area contributed by atoms with Gasteiger partial charge in [-0.3, -0.25) is 14.9 Å². The van der Waals surface area contributed by atoms with Gasteiger partial charge in [-0.2, -0.15) is 5.10 Å². The number of aromatic amines is 2. The van der Waals surface area contributed by atoms with Crippen molar-refractivity contribution in [2.24, 2.45) is 0 Å². The second kappa shape index (κ2) is 4.13. The second-order valence-electron chi connectivity index (χ2n) is 4.06. The number of nitrogens with zero attached hydrogens (tertiary/aromatic N) is 1. The molecular weight excluding hydrogens is 250 g/mol. The van der Waals surface area contributed by atoms with Crippen molar-refractivity contribution in [3.63, 3.8) is 0 Å². The number of fused-ring (bicyclic) bond motifs is 1. The number of carboxylic acid groups (broad SMARTS) is 1. The first kappa shape index (κ1) is 11.3. The van der Waals surface area contributed by atoms with Gasteiger partial charge >= 0.3 is 11.7 Å². The number of nitrogens with one attached hydrogen (secondary N) is 2. The maximum Gasteiger partial charge on any atom is 0.417 e. The molecule has 0 radical (unpaired) electrons. The quantitative estimate of drug-likeness (QED) is 0.652. The second-order valence-corrected chi connectivity index (χ2v) is 4.06. The summed E-state index contributed by atoms with van der Waals surface area (Å²) >= 11 is 0. The van der Waals surface area contributed by atoms with Gasteiger partial charge in [0.25, 0.3) is 0 Å². The standard InChI is InChI=1S/C12H9N3O4/c16-11(17)4-9-7(5-13-15-9)6-1-2-8-10(3-6)19-12(18)14-8/h1-3,5H,4H2,(H,13,15)(H,14,18)(H,16,17). The van der Waals surface area contributed by atoms with Crippen molar-refractivity contribution < 1.29 is 14.3 Å². The summed E-state index contributed by atoms with van der Waals surface area (Å²) in [6.45, 7) is 0. The summed E-state index contributed by atoms with van der Waals surface area (Å²) in [5, 5.41) is 15.3. The molecule has 0 fully saturated rings. The van der Waals surface area contributed by atoms with E-state index in [1.54, 1.807) is 24.4 Å². The number of hydrogen-bond donors (Lipinski definition) is 3. The number of benzene rings is 1. The molecule has 3 aromatic rings. The van der Waals surface area contributed by atoms with Crippen LogP contribution in [-0.4, -0.2) is 26.3 Å². The average Bonchev–Trinajstić information content (AvgIpc) is 2.92. The predicted molar refractivity (Wildman–Crippen MR) is 65.8 cm³/mol. The van der Waals surface area contributed by atoms with Crippen molar-refractivity contribution in [1.29, 1.82) is 0 Å². The highest BCUT2D eigenvalue weighted by Gasteiger charge is 2.12. The molecule has 0 spiro atoms.